The highest BCUT2D eigenvalue weighted by atomic mass is 16.5. The lowest BCUT2D eigenvalue weighted by Crippen LogP contribution is -2.37. The fourth-order valence-corrected chi connectivity index (χ4v) is 4.30. The number of imidazole rings is 1. The summed E-state index contributed by atoms with van der Waals surface area (Å²) in [6.45, 7) is 1.51. The van der Waals surface area contributed by atoms with Crippen molar-refractivity contribution in [3.8, 4) is 0 Å². The van der Waals surface area contributed by atoms with Crippen LogP contribution in [0.4, 0.5) is 0 Å². The number of rotatable bonds is 4. The van der Waals surface area contributed by atoms with Gasteiger partial charge in [-0.15, -0.1) is 0 Å². The van der Waals surface area contributed by atoms with Crippen LogP contribution >= 0.6 is 0 Å². The molecule has 1 N–H and O–H groups in total. The first-order valence-corrected chi connectivity index (χ1v) is 9.53. The predicted octanol–water partition coefficient (Wildman–Crippen LogP) is 3.14. The van der Waals surface area contributed by atoms with Crippen molar-refractivity contribution >= 4 is 16.9 Å². The highest BCUT2D eigenvalue weighted by Crippen LogP contribution is 2.36. The van der Waals surface area contributed by atoms with Crippen LogP contribution < -0.4 is 5.32 Å². The number of para-hydroxylation sites is 2. The zero-order chi connectivity index (χ0) is 17.2. The first-order chi connectivity index (χ1) is 12.2. The van der Waals surface area contributed by atoms with Gasteiger partial charge in [-0.05, 0) is 56.6 Å². The molecule has 1 amide bonds. The zero-order valence-electron chi connectivity index (χ0n) is 14.9. The minimum Gasteiger partial charge on any atom is -0.368 e. The summed E-state index contributed by atoms with van der Waals surface area (Å²) in [7, 11) is 2.12. The first-order valence-electron chi connectivity index (χ1n) is 9.53. The lowest BCUT2D eigenvalue weighted by atomic mass is 9.81. The van der Waals surface area contributed by atoms with Crippen LogP contribution in [0.25, 0.3) is 11.0 Å². The summed E-state index contributed by atoms with van der Waals surface area (Å²) in [6.07, 6.45) is 6.26. The van der Waals surface area contributed by atoms with Crippen LogP contribution in [0.15, 0.2) is 24.3 Å². The van der Waals surface area contributed by atoms with Crippen LogP contribution in [0.2, 0.25) is 0 Å². The van der Waals surface area contributed by atoms with E-state index in [9.17, 15) is 4.79 Å². The molecule has 134 valence electrons. The van der Waals surface area contributed by atoms with Crippen molar-refractivity contribution in [1.29, 1.82) is 0 Å². The zero-order valence-corrected chi connectivity index (χ0v) is 14.9. The molecule has 1 aromatic carbocycles. The highest BCUT2D eigenvalue weighted by Gasteiger charge is 2.28. The average Bonchev–Trinajstić information content (AvgIpc) is 3.29. The summed E-state index contributed by atoms with van der Waals surface area (Å²) in [4.78, 5) is 16.9. The van der Waals surface area contributed by atoms with Gasteiger partial charge < -0.3 is 14.6 Å². The molecule has 5 nitrogen and oxygen atoms in total. The number of nitrogens with one attached hydrogen (secondary N) is 1. The molecule has 1 aliphatic heterocycles. The molecule has 2 aromatic rings. The van der Waals surface area contributed by atoms with Crippen molar-refractivity contribution in [2.24, 2.45) is 13.0 Å². The Kier molecular flexibility index (Phi) is 4.75. The van der Waals surface area contributed by atoms with Crippen molar-refractivity contribution in [2.75, 3.05) is 13.2 Å². The number of amides is 1. The van der Waals surface area contributed by atoms with Crippen LogP contribution in [0.3, 0.4) is 0 Å². The normalized spacial score (nSPS) is 26.8. The van der Waals surface area contributed by atoms with E-state index in [-0.39, 0.29) is 12.0 Å². The summed E-state index contributed by atoms with van der Waals surface area (Å²) in [5.74, 6) is 2.40. The maximum absolute atomic E-state index is 12.1. The van der Waals surface area contributed by atoms with Crippen LogP contribution in [0, 0.1) is 5.92 Å². The van der Waals surface area contributed by atoms with E-state index >= 15 is 0 Å². The predicted molar refractivity (Wildman–Crippen MR) is 97.4 cm³/mol. The van der Waals surface area contributed by atoms with E-state index in [0.29, 0.717) is 11.8 Å². The molecule has 1 saturated carbocycles. The second-order valence-electron chi connectivity index (χ2n) is 7.48. The van der Waals surface area contributed by atoms with Crippen LogP contribution in [-0.4, -0.2) is 34.7 Å². The monoisotopic (exact) mass is 341 g/mol. The van der Waals surface area contributed by atoms with Crippen LogP contribution in [0.1, 0.15) is 50.3 Å². The quantitative estimate of drug-likeness (QED) is 0.929. The molecule has 25 heavy (non-hydrogen) atoms. The van der Waals surface area contributed by atoms with Crippen molar-refractivity contribution in [2.45, 2.75) is 50.5 Å². The Labute approximate surface area is 148 Å². The van der Waals surface area contributed by atoms with E-state index in [2.05, 4.69) is 35.1 Å². The first kappa shape index (κ1) is 16.6. The molecule has 1 aromatic heterocycles. The van der Waals surface area contributed by atoms with Gasteiger partial charge in [-0.3, -0.25) is 4.79 Å². The highest BCUT2D eigenvalue weighted by molar-refractivity contribution is 5.81. The Bertz CT molecular complexity index is 740. The minimum absolute atomic E-state index is 0.0787. The van der Waals surface area contributed by atoms with Crippen molar-refractivity contribution in [1.82, 2.24) is 14.9 Å². The molecule has 1 unspecified atom stereocenters. The Morgan fingerprint density at radius 1 is 1.24 bits per heavy atom. The van der Waals surface area contributed by atoms with E-state index in [4.69, 9.17) is 9.72 Å². The molecule has 5 heteroatoms. The summed E-state index contributed by atoms with van der Waals surface area (Å²) < 4.78 is 7.70. The maximum atomic E-state index is 12.1. The van der Waals surface area contributed by atoms with Gasteiger partial charge in [0, 0.05) is 26.1 Å². The number of carbonyl (C=O) groups is 1. The lowest BCUT2D eigenvalue weighted by molar-refractivity contribution is -0.130. The number of aromatic nitrogens is 2. The molecule has 0 radical (unpaired) electrons. The van der Waals surface area contributed by atoms with Gasteiger partial charge >= 0.3 is 0 Å². The number of aryl methyl sites for hydroxylation is 1. The van der Waals surface area contributed by atoms with Gasteiger partial charge in [0.25, 0.3) is 0 Å². The molecule has 4 rings (SSSR count). The van der Waals surface area contributed by atoms with Gasteiger partial charge in [0.2, 0.25) is 5.91 Å². The Hall–Kier alpha value is -1.88. The van der Waals surface area contributed by atoms with Crippen molar-refractivity contribution in [3.63, 3.8) is 0 Å². The Balaban J connectivity index is 1.31. The van der Waals surface area contributed by atoms with E-state index < -0.39 is 0 Å². The molecule has 2 fully saturated rings. The average molecular weight is 341 g/mol. The fraction of sp³-hybridized carbons (Fsp3) is 0.600. The van der Waals surface area contributed by atoms with Gasteiger partial charge in [0.15, 0.2) is 0 Å². The number of benzene rings is 1. The summed E-state index contributed by atoms with van der Waals surface area (Å²) in [6, 6.07) is 8.34. The smallest absolute Gasteiger partial charge is 0.249 e. The van der Waals surface area contributed by atoms with E-state index in [1.165, 1.54) is 11.3 Å². The molecular weight excluding hydrogens is 314 g/mol. The third kappa shape index (κ3) is 3.43. The molecule has 2 aliphatic rings. The van der Waals surface area contributed by atoms with Gasteiger partial charge in [-0.25, -0.2) is 4.98 Å². The minimum atomic E-state index is -0.212. The number of hydrogen-bond donors (Lipinski definition) is 1. The fourth-order valence-electron chi connectivity index (χ4n) is 4.30. The number of ether oxygens (including phenoxy) is 1. The molecule has 2 heterocycles. The van der Waals surface area contributed by atoms with Gasteiger partial charge in [-0.2, -0.15) is 0 Å². The number of fused-ring (bicyclic) bond motifs is 1. The third-order valence-corrected chi connectivity index (χ3v) is 5.82. The molecule has 0 bridgehead atoms. The standard InChI is InChI=1S/C20H27N3O2/c1-23-17-6-3-2-5-16(17)22-19(23)15-10-8-14(9-11-15)13-21-20(24)18-7-4-12-25-18/h2-3,5-6,14-15,18H,4,7-13H2,1H3,(H,21,24). The SMILES string of the molecule is Cn1c(C2CCC(CNC(=O)C3CCCO3)CC2)nc2ccccc21. The van der Waals surface area contributed by atoms with Gasteiger partial charge in [-0.1, -0.05) is 12.1 Å². The number of carbonyl (C=O) groups excluding carboxylic acids is 1. The second kappa shape index (κ2) is 7.16. The molecular formula is C20H27N3O2. The van der Waals surface area contributed by atoms with Gasteiger partial charge in [0.1, 0.15) is 11.9 Å². The molecule has 1 atom stereocenters. The largest absolute Gasteiger partial charge is 0.368 e. The van der Waals surface area contributed by atoms with Gasteiger partial charge in [0.05, 0.1) is 11.0 Å². The van der Waals surface area contributed by atoms with E-state index in [0.717, 1.165) is 57.2 Å². The summed E-state index contributed by atoms with van der Waals surface area (Å²) in [5, 5.41) is 3.10. The van der Waals surface area contributed by atoms with E-state index in [1.807, 2.05) is 6.07 Å². The van der Waals surface area contributed by atoms with Crippen LogP contribution in [0.5, 0.6) is 0 Å². The third-order valence-electron chi connectivity index (χ3n) is 5.82. The van der Waals surface area contributed by atoms with Crippen LogP contribution in [-0.2, 0) is 16.6 Å². The van der Waals surface area contributed by atoms with Crippen molar-refractivity contribution in [3.05, 3.63) is 30.1 Å². The Morgan fingerprint density at radius 3 is 2.76 bits per heavy atom. The lowest BCUT2D eigenvalue weighted by Gasteiger charge is -2.28. The molecule has 0 spiro atoms. The van der Waals surface area contributed by atoms with Crippen molar-refractivity contribution < 1.29 is 9.53 Å². The number of hydrogen-bond acceptors (Lipinski definition) is 3. The topological polar surface area (TPSA) is 56.2 Å². The maximum Gasteiger partial charge on any atom is 0.249 e. The Morgan fingerprint density at radius 2 is 2.04 bits per heavy atom. The second-order valence-corrected chi connectivity index (χ2v) is 7.48. The van der Waals surface area contributed by atoms with E-state index in [1.54, 1.807) is 0 Å². The molecule has 1 aliphatic carbocycles. The summed E-state index contributed by atoms with van der Waals surface area (Å²) >= 11 is 0. The summed E-state index contributed by atoms with van der Waals surface area (Å²) in [5.41, 5.74) is 2.30. The number of nitrogens with zero attached hydrogens (tertiary/aromatic N) is 2. The molecule has 1 saturated heterocycles.